The number of aromatic nitrogens is 2. The molecule has 1 heterocycles. The Balaban J connectivity index is 1.82. The van der Waals surface area contributed by atoms with Gasteiger partial charge < -0.3 is 4.74 Å². The SMILES string of the molecule is Cn1nc(-c2ccccc2)c(COC(=O)c2ccc(F)cc2)c1Cl. The summed E-state index contributed by atoms with van der Waals surface area (Å²) in [6, 6.07) is 14.7. The molecule has 0 bridgehead atoms. The number of hydrogen-bond donors (Lipinski definition) is 0. The van der Waals surface area contributed by atoms with E-state index in [4.69, 9.17) is 16.3 Å². The molecule has 4 nitrogen and oxygen atoms in total. The van der Waals surface area contributed by atoms with E-state index in [1.165, 1.54) is 28.9 Å². The Morgan fingerprint density at radius 1 is 1.17 bits per heavy atom. The van der Waals surface area contributed by atoms with Crippen molar-refractivity contribution in [2.24, 2.45) is 7.05 Å². The highest BCUT2D eigenvalue weighted by Crippen LogP contribution is 2.29. The molecule has 0 N–H and O–H groups in total. The second-order valence-corrected chi connectivity index (χ2v) is 5.55. The van der Waals surface area contributed by atoms with Crippen LogP contribution in [0.5, 0.6) is 0 Å². The van der Waals surface area contributed by atoms with Crippen molar-refractivity contribution in [3.05, 3.63) is 76.7 Å². The van der Waals surface area contributed by atoms with Crippen LogP contribution < -0.4 is 0 Å². The van der Waals surface area contributed by atoms with Gasteiger partial charge in [-0.15, -0.1) is 0 Å². The molecule has 24 heavy (non-hydrogen) atoms. The summed E-state index contributed by atoms with van der Waals surface area (Å²) in [4.78, 5) is 12.1. The number of halogens is 2. The number of nitrogens with zero attached hydrogens (tertiary/aromatic N) is 2. The second-order valence-electron chi connectivity index (χ2n) is 5.19. The molecule has 0 aliphatic rings. The summed E-state index contributed by atoms with van der Waals surface area (Å²) in [6.07, 6.45) is 0. The highest BCUT2D eigenvalue weighted by atomic mass is 35.5. The molecule has 0 fully saturated rings. The summed E-state index contributed by atoms with van der Waals surface area (Å²) in [5.41, 5.74) is 2.45. The molecule has 0 saturated heterocycles. The lowest BCUT2D eigenvalue weighted by molar-refractivity contribution is 0.0473. The topological polar surface area (TPSA) is 44.1 Å². The Kier molecular flexibility index (Phi) is 4.62. The maximum Gasteiger partial charge on any atom is 0.338 e. The molecule has 3 rings (SSSR count). The summed E-state index contributed by atoms with van der Waals surface area (Å²) in [6.45, 7) is -0.0207. The molecule has 0 aliphatic heterocycles. The first-order valence-corrected chi connectivity index (χ1v) is 7.63. The van der Waals surface area contributed by atoms with Gasteiger partial charge in [-0.3, -0.25) is 4.68 Å². The van der Waals surface area contributed by atoms with Crippen LogP contribution in [0.1, 0.15) is 15.9 Å². The standard InChI is InChI=1S/C18H14ClFN2O2/c1-22-17(19)15(16(21-22)12-5-3-2-4-6-12)11-24-18(23)13-7-9-14(20)10-8-13/h2-10H,11H2,1H3. The fourth-order valence-corrected chi connectivity index (χ4v) is 2.49. The van der Waals surface area contributed by atoms with E-state index in [9.17, 15) is 9.18 Å². The minimum absolute atomic E-state index is 0.0207. The highest BCUT2D eigenvalue weighted by molar-refractivity contribution is 6.30. The predicted octanol–water partition coefficient (Wildman–Crippen LogP) is 4.24. The van der Waals surface area contributed by atoms with Gasteiger partial charge in [0.05, 0.1) is 11.1 Å². The van der Waals surface area contributed by atoms with Gasteiger partial charge in [0.1, 0.15) is 23.3 Å². The molecule has 0 amide bonds. The molecule has 0 spiro atoms. The van der Waals surface area contributed by atoms with E-state index in [-0.39, 0.29) is 12.2 Å². The smallest absolute Gasteiger partial charge is 0.338 e. The van der Waals surface area contributed by atoms with Crippen LogP contribution in [-0.4, -0.2) is 15.7 Å². The zero-order chi connectivity index (χ0) is 17.1. The van der Waals surface area contributed by atoms with Gasteiger partial charge >= 0.3 is 5.97 Å². The molecule has 0 atom stereocenters. The Labute approximate surface area is 143 Å². The number of esters is 1. The van der Waals surface area contributed by atoms with Gasteiger partial charge in [0.15, 0.2) is 0 Å². The van der Waals surface area contributed by atoms with Crippen LogP contribution in [0.25, 0.3) is 11.3 Å². The molecule has 0 radical (unpaired) electrons. The van der Waals surface area contributed by atoms with E-state index in [0.717, 1.165) is 5.56 Å². The van der Waals surface area contributed by atoms with E-state index in [0.29, 0.717) is 16.4 Å². The average molecular weight is 345 g/mol. The van der Waals surface area contributed by atoms with Crippen molar-refractivity contribution < 1.29 is 13.9 Å². The van der Waals surface area contributed by atoms with Gasteiger partial charge in [0, 0.05) is 12.6 Å². The van der Waals surface area contributed by atoms with Crippen LogP contribution in [-0.2, 0) is 18.4 Å². The number of aryl methyl sites for hydroxylation is 1. The third-order valence-electron chi connectivity index (χ3n) is 3.54. The lowest BCUT2D eigenvalue weighted by Crippen LogP contribution is -2.05. The number of benzene rings is 2. The van der Waals surface area contributed by atoms with Crippen LogP contribution in [0.15, 0.2) is 54.6 Å². The summed E-state index contributed by atoms with van der Waals surface area (Å²) >= 11 is 6.27. The average Bonchev–Trinajstić information content (AvgIpc) is 2.89. The van der Waals surface area contributed by atoms with E-state index < -0.39 is 11.8 Å². The minimum atomic E-state index is -0.547. The first-order chi connectivity index (χ1) is 11.6. The zero-order valence-corrected chi connectivity index (χ0v) is 13.6. The van der Waals surface area contributed by atoms with Gasteiger partial charge in [-0.2, -0.15) is 5.10 Å². The van der Waals surface area contributed by atoms with E-state index in [1.807, 2.05) is 30.3 Å². The third kappa shape index (κ3) is 3.31. The van der Waals surface area contributed by atoms with Crippen LogP contribution in [0.2, 0.25) is 5.15 Å². The molecule has 2 aromatic carbocycles. The molecule has 1 aromatic heterocycles. The Bertz CT molecular complexity index is 861. The lowest BCUT2D eigenvalue weighted by atomic mass is 10.1. The number of rotatable bonds is 4. The van der Waals surface area contributed by atoms with E-state index in [1.54, 1.807) is 7.05 Å². The van der Waals surface area contributed by atoms with Crippen molar-refractivity contribution in [1.29, 1.82) is 0 Å². The Hall–Kier alpha value is -2.66. The Morgan fingerprint density at radius 3 is 2.50 bits per heavy atom. The molecular weight excluding hydrogens is 331 g/mol. The molecule has 0 aliphatic carbocycles. The quantitative estimate of drug-likeness (QED) is 0.665. The Morgan fingerprint density at radius 2 is 1.83 bits per heavy atom. The maximum atomic E-state index is 12.9. The number of carbonyl (C=O) groups is 1. The summed E-state index contributed by atoms with van der Waals surface area (Å²) in [5.74, 6) is -0.956. The molecule has 122 valence electrons. The first kappa shape index (κ1) is 16.2. The van der Waals surface area contributed by atoms with Crippen molar-refractivity contribution in [3.63, 3.8) is 0 Å². The fourth-order valence-electron chi connectivity index (χ4n) is 2.31. The van der Waals surface area contributed by atoms with Crippen LogP contribution in [0.4, 0.5) is 4.39 Å². The van der Waals surface area contributed by atoms with E-state index in [2.05, 4.69) is 5.10 Å². The summed E-state index contributed by atoms with van der Waals surface area (Å²) in [5, 5.41) is 4.79. The largest absolute Gasteiger partial charge is 0.457 e. The second kappa shape index (κ2) is 6.84. The monoisotopic (exact) mass is 344 g/mol. The first-order valence-electron chi connectivity index (χ1n) is 7.25. The zero-order valence-electron chi connectivity index (χ0n) is 12.9. The van der Waals surface area contributed by atoms with Crippen molar-refractivity contribution in [1.82, 2.24) is 9.78 Å². The maximum absolute atomic E-state index is 12.9. The van der Waals surface area contributed by atoms with Crippen LogP contribution >= 0.6 is 11.6 Å². The third-order valence-corrected chi connectivity index (χ3v) is 4.02. The van der Waals surface area contributed by atoms with Gasteiger partial charge in [-0.25, -0.2) is 9.18 Å². The van der Waals surface area contributed by atoms with Crippen molar-refractivity contribution >= 4 is 17.6 Å². The van der Waals surface area contributed by atoms with Crippen molar-refractivity contribution in [2.75, 3.05) is 0 Å². The van der Waals surface area contributed by atoms with Crippen molar-refractivity contribution in [3.8, 4) is 11.3 Å². The summed E-state index contributed by atoms with van der Waals surface area (Å²) < 4.78 is 19.8. The molecule has 6 heteroatoms. The van der Waals surface area contributed by atoms with Gasteiger partial charge in [0.2, 0.25) is 0 Å². The van der Waals surface area contributed by atoms with E-state index >= 15 is 0 Å². The number of carbonyl (C=O) groups excluding carboxylic acids is 1. The minimum Gasteiger partial charge on any atom is -0.457 e. The number of hydrogen-bond acceptors (Lipinski definition) is 3. The highest BCUT2D eigenvalue weighted by Gasteiger charge is 2.18. The van der Waals surface area contributed by atoms with Crippen LogP contribution in [0, 0.1) is 5.82 Å². The van der Waals surface area contributed by atoms with Gasteiger partial charge in [0.25, 0.3) is 0 Å². The summed E-state index contributed by atoms with van der Waals surface area (Å²) in [7, 11) is 1.72. The van der Waals surface area contributed by atoms with Crippen LogP contribution in [0.3, 0.4) is 0 Å². The molecule has 3 aromatic rings. The normalized spacial score (nSPS) is 10.6. The predicted molar refractivity (Wildman–Crippen MR) is 89.2 cm³/mol. The van der Waals surface area contributed by atoms with Gasteiger partial charge in [-0.1, -0.05) is 41.9 Å². The lowest BCUT2D eigenvalue weighted by Gasteiger charge is -2.06. The van der Waals surface area contributed by atoms with Gasteiger partial charge in [-0.05, 0) is 24.3 Å². The number of ether oxygens (including phenoxy) is 1. The molecular formula is C18H14ClFN2O2. The van der Waals surface area contributed by atoms with Crippen molar-refractivity contribution in [2.45, 2.75) is 6.61 Å². The molecule has 0 saturated carbocycles. The molecule has 0 unspecified atom stereocenters. The fraction of sp³-hybridized carbons (Fsp3) is 0.111.